The van der Waals surface area contributed by atoms with Crippen molar-refractivity contribution in [3.8, 4) is 0 Å². The van der Waals surface area contributed by atoms with Gasteiger partial charge in [-0.1, -0.05) is 17.8 Å². The average molecular weight is 511 g/mol. The maximum atomic E-state index is 12.9. The zero-order valence-corrected chi connectivity index (χ0v) is 19.0. The number of β-lactam (4-membered cyclic amide) rings is 1. The Morgan fingerprint density at radius 1 is 1.38 bits per heavy atom. The second-order valence-corrected chi connectivity index (χ2v) is 8.47. The first-order chi connectivity index (χ1) is 16.2. The fourth-order valence-electron chi connectivity index (χ4n) is 2.94. The molecule has 2 atom stereocenters. The molecule has 3 amide bonds. The van der Waals surface area contributed by atoms with Gasteiger partial charge in [-0.25, -0.2) is 19.4 Å². The fraction of sp³-hybridized carbons (Fsp3) is 0.278. The summed E-state index contributed by atoms with van der Waals surface area (Å²) in [7, 11) is 1.15. The number of allylic oxidation sites excluding steroid dienone is 1. The maximum absolute atomic E-state index is 12.9. The van der Waals surface area contributed by atoms with Gasteiger partial charge in [0.1, 0.15) is 22.8 Å². The summed E-state index contributed by atoms with van der Waals surface area (Å²) < 4.78 is 4.46. The van der Waals surface area contributed by atoms with Gasteiger partial charge in [-0.15, -0.1) is 23.1 Å². The van der Waals surface area contributed by atoms with E-state index in [0.717, 1.165) is 23.3 Å². The molecule has 34 heavy (non-hydrogen) atoms. The molecule has 1 fully saturated rings. The predicted octanol–water partition coefficient (Wildman–Crippen LogP) is 0.0513. The largest absolute Gasteiger partial charge is 0.479 e. The molecule has 3 rings (SSSR count). The highest BCUT2D eigenvalue weighted by Gasteiger charge is 2.54. The van der Waals surface area contributed by atoms with Gasteiger partial charge in [-0.05, 0) is 5.57 Å². The number of carbonyl (C=O) groups is 5. The second-order valence-electron chi connectivity index (χ2n) is 6.51. The zero-order chi connectivity index (χ0) is 25.0. The molecule has 3 heterocycles. The molecule has 180 valence electrons. The number of rotatable bonds is 9. The number of methoxy groups -OCH3 is 1. The van der Waals surface area contributed by atoms with Crippen molar-refractivity contribution in [2.75, 3.05) is 24.8 Å². The van der Waals surface area contributed by atoms with Crippen molar-refractivity contribution in [3.63, 3.8) is 0 Å². The number of hydrogen-bond acceptors (Lipinski definition) is 11. The highest BCUT2D eigenvalue weighted by molar-refractivity contribution is 8.00. The van der Waals surface area contributed by atoms with E-state index in [1.54, 1.807) is 0 Å². The summed E-state index contributed by atoms with van der Waals surface area (Å²) in [6.07, 6.45) is 0.556. The van der Waals surface area contributed by atoms with Gasteiger partial charge < -0.3 is 25.1 Å². The number of amides is 3. The number of ether oxygens (including phenoxy) is 1. The number of nitrogens with zero attached hydrogens (tertiary/aromatic N) is 3. The molecular weight excluding hydrogens is 494 g/mol. The molecule has 2 aliphatic heterocycles. The van der Waals surface area contributed by atoms with E-state index >= 15 is 0 Å². The molecule has 0 aromatic carbocycles. The lowest BCUT2D eigenvalue weighted by Crippen LogP contribution is -2.71. The minimum atomic E-state index is -1.34. The Balaban J connectivity index is 1.80. The van der Waals surface area contributed by atoms with Gasteiger partial charge in [0.15, 0.2) is 10.8 Å². The van der Waals surface area contributed by atoms with Crippen LogP contribution in [-0.4, -0.2) is 86.5 Å². The zero-order valence-electron chi connectivity index (χ0n) is 17.3. The molecule has 0 bridgehead atoms. The molecule has 0 unspecified atom stereocenters. The summed E-state index contributed by atoms with van der Waals surface area (Å²) in [5.74, 6) is -3.95. The fourth-order valence-corrected chi connectivity index (χ4v) is 4.97. The lowest BCUT2D eigenvalue weighted by molar-refractivity contribution is -0.150. The summed E-state index contributed by atoms with van der Waals surface area (Å²) in [5, 5.41) is 27.3. The van der Waals surface area contributed by atoms with Crippen LogP contribution in [0.4, 0.5) is 9.93 Å². The first kappa shape index (κ1) is 24.7. The lowest BCUT2D eigenvalue weighted by atomic mass is 10.0. The number of thiazole rings is 1. The Morgan fingerprint density at radius 3 is 2.74 bits per heavy atom. The van der Waals surface area contributed by atoms with Gasteiger partial charge in [0.2, 0.25) is 6.61 Å². The first-order valence-corrected chi connectivity index (χ1v) is 11.2. The number of aromatic nitrogens is 1. The maximum Gasteiger partial charge on any atom is 0.413 e. The number of carbonyl (C=O) groups excluding carboxylic acids is 3. The molecule has 1 saturated heterocycles. The lowest BCUT2D eigenvalue weighted by Gasteiger charge is -2.49. The van der Waals surface area contributed by atoms with Gasteiger partial charge in [-0.3, -0.25) is 19.8 Å². The molecule has 0 spiro atoms. The summed E-state index contributed by atoms with van der Waals surface area (Å²) in [6, 6.07) is -1.07. The molecule has 0 saturated carbocycles. The van der Waals surface area contributed by atoms with Gasteiger partial charge in [-0.2, -0.15) is 0 Å². The highest BCUT2D eigenvalue weighted by Crippen LogP contribution is 2.40. The van der Waals surface area contributed by atoms with Crippen LogP contribution in [-0.2, 0) is 28.8 Å². The van der Waals surface area contributed by atoms with E-state index in [1.807, 2.05) is 0 Å². The highest BCUT2D eigenvalue weighted by atomic mass is 32.2. The van der Waals surface area contributed by atoms with Gasteiger partial charge in [0.05, 0.1) is 7.11 Å². The summed E-state index contributed by atoms with van der Waals surface area (Å²) in [5.41, 5.74) is -0.349. The van der Waals surface area contributed by atoms with Crippen LogP contribution in [0.1, 0.15) is 5.69 Å². The third-order valence-electron chi connectivity index (χ3n) is 4.43. The normalized spacial score (nSPS) is 19.5. The number of fused-ring (bicyclic) bond motifs is 1. The van der Waals surface area contributed by atoms with Crippen molar-refractivity contribution in [1.29, 1.82) is 0 Å². The number of oxime groups is 1. The third-order valence-corrected chi connectivity index (χ3v) is 6.49. The minimum Gasteiger partial charge on any atom is -0.479 e. The van der Waals surface area contributed by atoms with Gasteiger partial charge in [0.25, 0.3) is 11.8 Å². The third kappa shape index (κ3) is 5.01. The van der Waals surface area contributed by atoms with E-state index in [2.05, 4.69) is 36.9 Å². The van der Waals surface area contributed by atoms with Crippen LogP contribution in [0.2, 0.25) is 0 Å². The smallest absolute Gasteiger partial charge is 0.413 e. The van der Waals surface area contributed by atoms with Crippen molar-refractivity contribution in [2.45, 2.75) is 11.4 Å². The van der Waals surface area contributed by atoms with E-state index in [1.165, 1.54) is 23.2 Å². The topological polar surface area (TPSA) is 197 Å². The van der Waals surface area contributed by atoms with E-state index in [0.29, 0.717) is 5.57 Å². The molecule has 1 aromatic heterocycles. The number of nitrogens with one attached hydrogen (secondary N) is 2. The Labute approximate surface area is 199 Å². The van der Waals surface area contributed by atoms with Crippen molar-refractivity contribution < 1.29 is 43.8 Å². The van der Waals surface area contributed by atoms with Crippen LogP contribution < -0.4 is 10.6 Å². The summed E-state index contributed by atoms with van der Waals surface area (Å²) in [4.78, 5) is 69.1. The van der Waals surface area contributed by atoms with Crippen LogP contribution in [0, 0.1) is 0 Å². The van der Waals surface area contributed by atoms with E-state index < -0.39 is 53.6 Å². The molecule has 14 nitrogen and oxygen atoms in total. The molecule has 0 aliphatic carbocycles. The Hall–Kier alpha value is -3.92. The van der Waals surface area contributed by atoms with Crippen molar-refractivity contribution in [2.24, 2.45) is 5.16 Å². The van der Waals surface area contributed by atoms with Crippen molar-refractivity contribution >= 4 is 63.8 Å². The number of carboxylic acid groups (broad SMARTS) is 2. The molecule has 4 N–H and O–H groups in total. The number of hydrogen-bond donors (Lipinski definition) is 4. The molecule has 2 aliphatic rings. The number of aliphatic carboxylic acids is 2. The Bertz CT molecular complexity index is 1130. The molecular formula is C18H17N5O9S2. The summed E-state index contributed by atoms with van der Waals surface area (Å²) >= 11 is 2.16. The van der Waals surface area contributed by atoms with Crippen molar-refractivity contribution in [1.82, 2.24) is 15.2 Å². The van der Waals surface area contributed by atoms with Crippen LogP contribution in [0.5, 0.6) is 0 Å². The van der Waals surface area contributed by atoms with Crippen LogP contribution in [0.25, 0.3) is 0 Å². The first-order valence-electron chi connectivity index (χ1n) is 9.25. The van der Waals surface area contributed by atoms with Gasteiger partial charge >= 0.3 is 18.0 Å². The van der Waals surface area contributed by atoms with Crippen LogP contribution in [0.3, 0.4) is 0 Å². The second kappa shape index (κ2) is 10.3. The van der Waals surface area contributed by atoms with E-state index in [4.69, 9.17) is 5.11 Å². The molecule has 16 heteroatoms. The monoisotopic (exact) mass is 511 g/mol. The minimum absolute atomic E-state index is 0.0579. The Morgan fingerprint density at radius 2 is 2.12 bits per heavy atom. The van der Waals surface area contributed by atoms with E-state index in [-0.39, 0.29) is 22.3 Å². The predicted molar refractivity (Wildman–Crippen MR) is 118 cm³/mol. The molecule has 0 radical (unpaired) electrons. The number of carboxylic acids is 2. The summed E-state index contributed by atoms with van der Waals surface area (Å²) in [6.45, 7) is 2.71. The quantitative estimate of drug-likeness (QED) is 0.199. The molecule has 1 aromatic rings. The van der Waals surface area contributed by atoms with Crippen molar-refractivity contribution in [3.05, 3.63) is 35.0 Å². The Kier molecular flexibility index (Phi) is 7.52. The number of anilines is 1. The van der Waals surface area contributed by atoms with Crippen LogP contribution >= 0.6 is 23.1 Å². The SMILES string of the molecule is C=CC1=C(C(=O)O)N2C(=O)[C@@H](NC(=O)/C(=N/OCC(=O)O)c3csc(NC(=O)OC)n3)[C@H]2SC1. The van der Waals surface area contributed by atoms with Gasteiger partial charge in [0, 0.05) is 11.1 Å². The number of thioether (sulfide) groups is 1. The standard InChI is InChI=1S/C18H17N5O9S2/c1-3-7-5-33-15-11(14(27)23(15)12(7)16(28)29)20-13(26)10(22-32-4-9(24)25)8-6-34-17(19-8)21-18(30)31-2/h3,6,11,15H,1,4-5H2,2H3,(H,20,26)(H,24,25)(H,28,29)(H,19,21,30)/b22-10+/t11-,15-/m1/s1. The van der Waals surface area contributed by atoms with Crippen LogP contribution in [0.15, 0.2) is 34.5 Å². The van der Waals surface area contributed by atoms with E-state index in [9.17, 15) is 29.1 Å². The average Bonchev–Trinajstić information content (AvgIpc) is 3.26.